The van der Waals surface area contributed by atoms with Crippen molar-refractivity contribution in [2.45, 2.75) is 13.3 Å². The Hall–Kier alpha value is -3.55. The van der Waals surface area contributed by atoms with Gasteiger partial charge in [-0.2, -0.15) is 0 Å². The van der Waals surface area contributed by atoms with E-state index in [0.29, 0.717) is 23.8 Å². The number of anilines is 1. The number of nitrogens with one attached hydrogen (secondary N) is 1. The Morgan fingerprint density at radius 1 is 0.964 bits per heavy atom. The lowest BCUT2D eigenvalue weighted by atomic mass is 10.1. The van der Waals surface area contributed by atoms with Crippen molar-refractivity contribution in [2.75, 3.05) is 25.6 Å². The summed E-state index contributed by atoms with van der Waals surface area (Å²) in [6.07, 6.45) is 0.934. The highest BCUT2D eigenvalue weighted by Crippen LogP contribution is 2.26. The lowest BCUT2D eigenvalue weighted by Crippen LogP contribution is -2.20. The van der Waals surface area contributed by atoms with Crippen LogP contribution < -0.4 is 19.5 Å². The molecule has 1 heterocycles. The van der Waals surface area contributed by atoms with Crippen LogP contribution in [0, 0.1) is 0 Å². The molecule has 3 aromatic rings. The summed E-state index contributed by atoms with van der Waals surface area (Å²) in [5.74, 6) is 1.88. The van der Waals surface area contributed by atoms with Crippen LogP contribution in [0.1, 0.15) is 13.3 Å². The molecule has 0 unspecified atom stereocenters. The first-order chi connectivity index (χ1) is 13.7. The molecule has 8 nitrogen and oxygen atoms in total. The number of carbonyl (C=O) groups is 1. The van der Waals surface area contributed by atoms with Crippen molar-refractivity contribution in [2.24, 2.45) is 0 Å². The molecule has 1 amide bonds. The lowest BCUT2D eigenvalue weighted by molar-refractivity contribution is -0.118. The van der Waals surface area contributed by atoms with Gasteiger partial charge in [0.1, 0.15) is 17.2 Å². The van der Waals surface area contributed by atoms with Gasteiger partial charge in [0.2, 0.25) is 5.82 Å². The van der Waals surface area contributed by atoms with Crippen LogP contribution in [0.3, 0.4) is 0 Å². The first-order valence-electron chi connectivity index (χ1n) is 8.82. The normalized spacial score (nSPS) is 10.4. The fourth-order valence-electron chi connectivity index (χ4n) is 2.38. The maximum absolute atomic E-state index is 12.2. The van der Waals surface area contributed by atoms with Gasteiger partial charge >= 0.3 is 0 Å². The largest absolute Gasteiger partial charge is 0.497 e. The molecule has 8 heteroatoms. The van der Waals surface area contributed by atoms with Gasteiger partial charge in [-0.05, 0) is 65.3 Å². The standard InChI is InChI=1S/C20H21N3O5/c1-3-12-26-16-6-4-14(5-7-16)19-20(23-28-22-19)21-18(24)13-27-17-10-8-15(25-2)9-11-17/h4-11H,3,12-13H2,1-2H3,(H,21,23,24). The van der Waals surface area contributed by atoms with Crippen LogP contribution >= 0.6 is 0 Å². The van der Waals surface area contributed by atoms with E-state index in [-0.39, 0.29) is 18.3 Å². The number of hydrogen-bond donors (Lipinski definition) is 1. The zero-order valence-electron chi connectivity index (χ0n) is 15.7. The molecule has 0 saturated carbocycles. The van der Waals surface area contributed by atoms with Crippen molar-refractivity contribution in [3.63, 3.8) is 0 Å². The van der Waals surface area contributed by atoms with Gasteiger partial charge in [0.15, 0.2) is 12.3 Å². The van der Waals surface area contributed by atoms with Crippen LogP contribution in [-0.4, -0.2) is 36.5 Å². The number of methoxy groups -OCH3 is 1. The number of benzene rings is 2. The molecule has 0 aliphatic heterocycles. The van der Waals surface area contributed by atoms with Crippen molar-refractivity contribution in [1.29, 1.82) is 0 Å². The Bertz CT molecular complexity index is 891. The van der Waals surface area contributed by atoms with Gasteiger partial charge in [0.25, 0.3) is 5.91 Å². The average molecular weight is 383 g/mol. The predicted octanol–water partition coefficient (Wildman–Crippen LogP) is 3.55. The minimum Gasteiger partial charge on any atom is -0.497 e. The molecule has 0 saturated heterocycles. The van der Waals surface area contributed by atoms with Gasteiger partial charge < -0.3 is 19.5 Å². The molecule has 0 spiro atoms. The van der Waals surface area contributed by atoms with Gasteiger partial charge in [-0.3, -0.25) is 4.79 Å². The summed E-state index contributed by atoms with van der Waals surface area (Å²) >= 11 is 0. The molecular formula is C20H21N3O5. The average Bonchev–Trinajstić information content (AvgIpc) is 3.19. The van der Waals surface area contributed by atoms with E-state index < -0.39 is 0 Å². The van der Waals surface area contributed by atoms with Crippen molar-refractivity contribution < 1.29 is 23.6 Å². The third kappa shape index (κ3) is 5.00. The first-order valence-corrected chi connectivity index (χ1v) is 8.82. The highest BCUT2D eigenvalue weighted by Gasteiger charge is 2.15. The Morgan fingerprint density at radius 3 is 2.29 bits per heavy atom. The molecule has 1 aromatic heterocycles. The molecule has 0 aliphatic carbocycles. The Labute approximate surface area is 162 Å². The van der Waals surface area contributed by atoms with E-state index in [0.717, 1.165) is 17.7 Å². The molecule has 0 aliphatic rings. The molecule has 2 aromatic carbocycles. The van der Waals surface area contributed by atoms with Crippen LogP contribution in [0.2, 0.25) is 0 Å². The van der Waals surface area contributed by atoms with E-state index in [1.54, 1.807) is 31.4 Å². The van der Waals surface area contributed by atoms with Crippen molar-refractivity contribution in [1.82, 2.24) is 10.3 Å². The summed E-state index contributed by atoms with van der Waals surface area (Å²) in [5, 5.41) is 10.3. The molecule has 0 atom stereocenters. The Balaban J connectivity index is 1.59. The molecule has 28 heavy (non-hydrogen) atoms. The minimum absolute atomic E-state index is 0.178. The molecular weight excluding hydrogens is 362 g/mol. The van der Waals surface area contributed by atoms with E-state index in [2.05, 4.69) is 15.6 Å². The number of aromatic nitrogens is 2. The highest BCUT2D eigenvalue weighted by molar-refractivity contribution is 5.94. The van der Waals surface area contributed by atoms with E-state index in [1.807, 2.05) is 31.2 Å². The quantitative estimate of drug-likeness (QED) is 0.603. The third-order valence-electron chi connectivity index (χ3n) is 3.78. The number of amides is 1. The van der Waals surface area contributed by atoms with Crippen LogP contribution in [0.15, 0.2) is 53.2 Å². The molecule has 0 fully saturated rings. The highest BCUT2D eigenvalue weighted by atomic mass is 16.6. The fraction of sp³-hybridized carbons (Fsp3) is 0.250. The topological polar surface area (TPSA) is 95.7 Å². The summed E-state index contributed by atoms with van der Waals surface area (Å²) in [4.78, 5) is 12.2. The second-order valence-corrected chi connectivity index (χ2v) is 5.85. The predicted molar refractivity (Wildman–Crippen MR) is 103 cm³/mol. The second-order valence-electron chi connectivity index (χ2n) is 5.85. The van der Waals surface area contributed by atoms with Crippen molar-refractivity contribution in [3.05, 3.63) is 48.5 Å². The molecule has 0 bridgehead atoms. The first kappa shape index (κ1) is 19.2. The molecule has 1 N–H and O–H groups in total. The number of carbonyl (C=O) groups excluding carboxylic acids is 1. The van der Waals surface area contributed by atoms with E-state index in [1.165, 1.54) is 0 Å². The van der Waals surface area contributed by atoms with Gasteiger partial charge in [0.05, 0.1) is 13.7 Å². The van der Waals surface area contributed by atoms with E-state index >= 15 is 0 Å². The number of ether oxygens (including phenoxy) is 3. The third-order valence-corrected chi connectivity index (χ3v) is 3.78. The van der Waals surface area contributed by atoms with Gasteiger partial charge in [-0.15, -0.1) is 0 Å². The molecule has 3 rings (SSSR count). The fourth-order valence-corrected chi connectivity index (χ4v) is 2.38. The number of nitrogens with zero attached hydrogens (tertiary/aromatic N) is 2. The van der Waals surface area contributed by atoms with Gasteiger partial charge in [-0.25, -0.2) is 4.63 Å². The smallest absolute Gasteiger partial charge is 0.263 e. The second kappa shape index (κ2) is 9.40. The zero-order valence-corrected chi connectivity index (χ0v) is 15.7. The van der Waals surface area contributed by atoms with Gasteiger partial charge in [-0.1, -0.05) is 6.92 Å². The lowest BCUT2D eigenvalue weighted by Gasteiger charge is -2.07. The molecule has 0 radical (unpaired) electrons. The summed E-state index contributed by atoms with van der Waals surface area (Å²) < 4.78 is 20.9. The summed E-state index contributed by atoms with van der Waals surface area (Å²) in [6.45, 7) is 2.52. The zero-order chi connectivity index (χ0) is 19.8. The maximum atomic E-state index is 12.2. The van der Waals surface area contributed by atoms with Crippen molar-refractivity contribution in [3.8, 4) is 28.5 Å². The maximum Gasteiger partial charge on any atom is 0.263 e. The Kier molecular flexibility index (Phi) is 6.46. The van der Waals surface area contributed by atoms with E-state index in [9.17, 15) is 4.79 Å². The summed E-state index contributed by atoms with van der Waals surface area (Å²) in [7, 11) is 1.58. The summed E-state index contributed by atoms with van der Waals surface area (Å²) in [6, 6.07) is 14.3. The monoisotopic (exact) mass is 383 g/mol. The number of hydrogen-bond acceptors (Lipinski definition) is 7. The van der Waals surface area contributed by atoms with Crippen LogP contribution in [0.25, 0.3) is 11.3 Å². The van der Waals surface area contributed by atoms with Gasteiger partial charge in [0, 0.05) is 5.56 Å². The van der Waals surface area contributed by atoms with E-state index in [4.69, 9.17) is 18.8 Å². The van der Waals surface area contributed by atoms with Crippen LogP contribution in [0.5, 0.6) is 17.2 Å². The minimum atomic E-state index is -0.379. The Morgan fingerprint density at radius 2 is 1.61 bits per heavy atom. The summed E-state index contributed by atoms with van der Waals surface area (Å²) in [5.41, 5.74) is 1.18. The molecule has 146 valence electrons. The van der Waals surface area contributed by atoms with Crippen LogP contribution in [-0.2, 0) is 4.79 Å². The van der Waals surface area contributed by atoms with Crippen LogP contribution in [0.4, 0.5) is 5.82 Å². The number of rotatable bonds is 9. The van der Waals surface area contributed by atoms with Crippen molar-refractivity contribution >= 4 is 11.7 Å². The SMILES string of the molecule is CCCOc1ccc(-c2nonc2NC(=O)COc2ccc(OC)cc2)cc1.